The predicted molar refractivity (Wildman–Crippen MR) is 120 cm³/mol. The fraction of sp³-hybridized carbons (Fsp3) is 0.808. The van der Waals surface area contributed by atoms with Crippen molar-refractivity contribution >= 4 is 5.97 Å². The number of rotatable bonds is 7. The lowest BCUT2D eigenvalue weighted by molar-refractivity contribution is -0.301. The van der Waals surface area contributed by atoms with Crippen LogP contribution < -0.4 is 0 Å². The number of hydrogen-bond acceptors (Lipinski definition) is 6. The molecular weight excluding hydrogens is 408 g/mol. The van der Waals surface area contributed by atoms with Crippen LogP contribution in [0, 0.1) is 22.7 Å². The smallest absolute Gasteiger partial charge is 0.305 e. The summed E-state index contributed by atoms with van der Waals surface area (Å²) in [4.78, 5) is 23.1. The van der Waals surface area contributed by atoms with Crippen molar-refractivity contribution in [1.29, 1.82) is 0 Å². The number of fused-ring (bicyclic) bond motifs is 5. The highest BCUT2D eigenvalue weighted by atomic mass is 17.2. The number of carbonyl (C=O) groups is 1. The first-order valence-corrected chi connectivity index (χ1v) is 12.4. The molecule has 0 aromatic carbocycles. The molecule has 1 saturated heterocycles. The van der Waals surface area contributed by atoms with E-state index in [4.69, 9.17) is 19.2 Å². The van der Waals surface area contributed by atoms with Gasteiger partial charge in [0.25, 0.3) is 0 Å². The zero-order valence-electron chi connectivity index (χ0n) is 20.1. The van der Waals surface area contributed by atoms with E-state index in [0.717, 1.165) is 44.9 Å². The van der Waals surface area contributed by atoms with E-state index in [2.05, 4.69) is 33.4 Å². The maximum atomic E-state index is 12.0. The molecule has 1 aliphatic heterocycles. The van der Waals surface area contributed by atoms with E-state index in [0.29, 0.717) is 24.7 Å². The second-order valence-corrected chi connectivity index (χ2v) is 10.7. The van der Waals surface area contributed by atoms with E-state index >= 15 is 0 Å². The highest BCUT2D eigenvalue weighted by Gasteiger charge is 2.63. The summed E-state index contributed by atoms with van der Waals surface area (Å²) in [6, 6.07) is 0. The molecule has 0 radical (unpaired) electrons. The van der Waals surface area contributed by atoms with E-state index in [-0.39, 0.29) is 41.0 Å². The summed E-state index contributed by atoms with van der Waals surface area (Å²) in [5, 5.41) is 11.3. The van der Waals surface area contributed by atoms with Gasteiger partial charge in [-0.1, -0.05) is 45.9 Å². The molecule has 4 unspecified atom stereocenters. The lowest BCUT2D eigenvalue weighted by Crippen LogP contribution is -2.58. The van der Waals surface area contributed by atoms with Gasteiger partial charge in [0.15, 0.2) is 0 Å². The van der Waals surface area contributed by atoms with E-state index < -0.39 is 6.10 Å². The average molecular weight is 449 g/mol. The third kappa shape index (κ3) is 4.03. The third-order valence-electron chi connectivity index (χ3n) is 8.77. The second kappa shape index (κ2) is 9.11. The fourth-order valence-corrected chi connectivity index (χ4v) is 6.79. The average Bonchev–Trinajstić information content (AvgIpc) is 3.09. The van der Waals surface area contributed by atoms with E-state index in [1.165, 1.54) is 5.57 Å². The van der Waals surface area contributed by atoms with Gasteiger partial charge in [0.05, 0.1) is 18.8 Å². The maximum absolute atomic E-state index is 12.0. The Labute approximate surface area is 192 Å². The number of allylic oxidation sites excluding steroid dienone is 1. The predicted octanol–water partition coefficient (Wildman–Crippen LogP) is 4.86. The number of aliphatic hydroxyl groups excluding tert-OH is 1. The van der Waals surface area contributed by atoms with Gasteiger partial charge in [-0.2, -0.15) is 4.89 Å². The van der Waals surface area contributed by atoms with Crippen LogP contribution >= 0.6 is 0 Å². The quantitative estimate of drug-likeness (QED) is 0.197. The number of carbonyl (C=O) groups excluding carboxylic acids is 1. The zero-order chi connectivity index (χ0) is 23.1. The summed E-state index contributed by atoms with van der Waals surface area (Å²) in [7, 11) is 0. The Hall–Kier alpha value is -1.37. The van der Waals surface area contributed by atoms with Crippen LogP contribution in [0.25, 0.3) is 0 Å². The van der Waals surface area contributed by atoms with Crippen LogP contribution in [0.15, 0.2) is 24.0 Å². The third-order valence-corrected chi connectivity index (χ3v) is 8.77. The van der Waals surface area contributed by atoms with Gasteiger partial charge in [0.1, 0.15) is 18.0 Å². The van der Waals surface area contributed by atoms with Gasteiger partial charge in [0.2, 0.25) is 0 Å². The molecule has 6 nitrogen and oxygen atoms in total. The molecular formula is C26H40O6. The van der Waals surface area contributed by atoms with Gasteiger partial charge in [-0.25, -0.2) is 0 Å². The highest BCUT2D eigenvalue weighted by Crippen LogP contribution is 2.62. The van der Waals surface area contributed by atoms with Crippen molar-refractivity contribution in [1.82, 2.24) is 0 Å². The second-order valence-electron chi connectivity index (χ2n) is 10.7. The van der Waals surface area contributed by atoms with Gasteiger partial charge < -0.3 is 19.5 Å². The minimum absolute atomic E-state index is 0.0129. The van der Waals surface area contributed by atoms with Crippen molar-refractivity contribution in [3.63, 3.8) is 0 Å². The summed E-state index contributed by atoms with van der Waals surface area (Å²) in [5.41, 5.74) is 1.05. The van der Waals surface area contributed by atoms with E-state index in [1.807, 2.05) is 6.92 Å². The molecule has 1 N–H and O–H groups in total. The molecule has 0 aromatic heterocycles. The first-order valence-electron chi connectivity index (χ1n) is 12.4. The molecule has 0 spiro atoms. The Morgan fingerprint density at radius 3 is 2.78 bits per heavy atom. The van der Waals surface area contributed by atoms with Crippen LogP contribution in [0.2, 0.25) is 0 Å². The van der Waals surface area contributed by atoms with Crippen LogP contribution in [0.3, 0.4) is 0 Å². The van der Waals surface area contributed by atoms with Crippen molar-refractivity contribution < 1.29 is 29.1 Å². The van der Waals surface area contributed by atoms with Gasteiger partial charge in [-0.3, -0.25) is 4.79 Å². The Bertz CT molecular complexity index is 761. The van der Waals surface area contributed by atoms with Crippen molar-refractivity contribution in [2.75, 3.05) is 6.61 Å². The van der Waals surface area contributed by atoms with Crippen LogP contribution in [-0.2, 0) is 24.0 Å². The minimum Gasteiger partial charge on any atom is -0.459 e. The van der Waals surface area contributed by atoms with E-state index in [1.54, 1.807) is 0 Å². The fourth-order valence-electron chi connectivity index (χ4n) is 6.79. The molecule has 3 fully saturated rings. The summed E-state index contributed by atoms with van der Waals surface area (Å²) < 4.78 is 12.0. The topological polar surface area (TPSA) is 74.2 Å². The lowest BCUT2D eigenvalue weighted by atomic mass is 9.49. The van der Waals surface area contributed by atoms with Crippen molar-refractivity contribution in [2.24, 2.45) is 22.7 Å². The van der Waals surface area contributed by atoms with Crippen LogP contribution in [0.5, 0.6) is 0 Å². The largest absolute Gasteiger partial charge is 0.459 e. The SMILES string of the molecule is C=C(CCC)OO[C@H]1CC[C@@]2(C)C(=CC(O)C3C2CC[C@@]2(C)C3OC[C@@H]2OC(=O)CC)C1. The van der Waals surface area contributed by atoms with Crippen molar-refractivity contribution in [3.8, 4) is 0 Å². The van der Waals surface area contributed by atoms with E-state index in [9.17, 15) is 9.90 Å². The van der Waals surface area contributed by atoms with Gasteiger partial charge in [-0.15, -0.1) is 0 Å². The summed E-state index contributed by atoms with van der Waals surface area (Å²) >= 11 is 0. The molecule has 4 aliphatic rings. The first kappa shape index (κ1) is 23.8. The Morgan fingerprint density at radius 2 is 2.06 bits per heavy atom. The van der Waals surface area contributed by atoms with Crippen LogP contribution in [0.1, 0.15) is 79.1 Å². The lowest BCUT2D eigenvalue weighted by Gasteiger charge is -2.57. The monoisotopic (exact) mass is 448 g/mol. The zero-order valence-corrected chi connectivity index (χ0v) is 20.1. The number of ether oxygens (including phenoxy) is 2. The molecule has 0 amide bonds. The molecule has 32 heavy (non-hydrogen) atoms. The Morgan fingerprint density at radius 1 is 1.28 bits per heavy atom. The summed E-state index contributed by atoms with van der Waals surface area (Å²) in [6.45, 7) is 12.8. The Balaban J connectivity index is 1.49. The first-order chi connectivity index (χ1) is 15.2. The molecule has 3 aliphatic carbocycles. The summed E-state index contributed by atoms with van der Waals surface area (Å²) in [5.74, 6) is 0.851. The molecule has 0 bridgehead atoms. The van der Waals surface area contributed by atoms with Gasteiger partial charge in [0, 0.05) is 24.2 Å². The highest BCUT2D eigenvalue weighted by molar-refractivity contribution is 5.69. The minimum atomic E-state index is -0.567. The number of esters is 1. The molecule has 2 saturated carbocycles. The number of hydrogen-bond donors (Lipinski definition) is 1. The van der Waals surface area contributed by atoms with Crippen LogP contribution in [0.4, 0.5) is 0 Å². The van der Waals surface area contributed by atoms with Crippen molar-refractivity contribution in [2.45, 2.75) is 103 Å². The van der Waals surface area contributed by atoms with Gasteiger partial charge in [-0.05, 0) is 49.9 Å². The molecule has 180 valence electrons. The standard InChI is InChI=1S/C26H40O6/c1-6-8-16(3)31-32-18-9-11-25(4)17(13-18)14-20(27)23-19(25)10-12-26(5)21(15-29-24(23)26)30-22(28)7-2/h14,18-21,23-24,27H,3,6-13,15H2,1-2,4-5H3/t18-,19?,20?,21-,23?,24?,25-,26+/m0/s1. The van der Waals surface area contributed by atoms with Crippen molar-refractivity contribution in [3.05, 3.63) is 24.0 Å². The maximum Gasteiger partial charge on any atom is 0.305 e. The Kier molecular flexibility index (Phi) is 6.77. The summed E-state index contributed by atoms with van der Waals surface area (Å²) in [6.07, 6.45) is 7.92. The molecule has 1 heterocycles. The number of aliphatic hydroxyl groups is 1. The molecule has 4 rings (SSSR count). The molecule has 8 atom stereocenters. The van der Waals surface area contributed by atoms with Gasteiger partial charge >= 0.3 is 5.97 Å². The molecule has 6 heteroatoms. The van der Waals surface area contributed by atoms with Crippen LogP contribution in [-0.4, -0.2) is 42.1 Å². The normalized spacial score (nSPS) is 42.8. The molecule has 0 aromatic rings.